The van der Waals surface area contributed by atoms with Crippen LogP contribution in [-0.4, -0.2) is 14.5 Å². The number of nitrogens with zero attached hydrogens (tertiary/aromatic N) is 3. The molecule has 3 aromatic rings. The molecule has 0 atom stereocenters. The van der Waals surface area contributed by atoms with E-state index in [1.54, 1.807) is 18.6 Å². The Morgan fingerprint density at radius 2 is 2.06 bits per heavy atom. The molecule has 0 N–H and O–H groups in total. The number of halogens is 1. The van der Waals surface area contributed by atoms with Crippen LogP contribution < -0.4 is 0 Å². The fraction of sp³-hybridized carbons (Fsp3) is 0.0769. The van der Waals surface area contributed by atoms with Gasteiger partial charge in [-0.2, -0.15) is 0 Å². The fourth-order valence-corrected chi connectivity index (χ4v) is 1.80. The lowest BCUT2D eigenvalue weighted by Crippen LogP contribution is -1.84. The largest absolute Gasteiger partial charge is 0.340 e. The lowest BCUT2D eigenvalue weighted by atomic mass is 10.1. The van der Waals surface area contributed by atoms with Crippen molar-refractivity contribution in [1.29, 1.82) is 0 Å². The smallest absolute Gasteiger partial charge is 0.125 e. The van der Waals surface area contributed by atoms with E-state index in [-0.39, 0.29) is 5.82 Å². The van der Waals surface area contributed by atoms with Gasteiger partial charge in [0.15, 0.2) is 0 Å². The molecule has 84 valence electrons. The Morgan fingerprint density at radius 1 is 1.18 bits per heavy atom. The zero-order chi connectivity index (χ0) is 11.8. The molecule has 0 aliphatic heterocycles. The minimum atomic E-state index is -0.268. The number of hydrogen-bond acceptors (Lipinski definition) is 2. The Kier molecular flexibility index (Phi) is 2.14. The predicted octanol–water partition coefficient (Wildman–Crippen LogP) is 2.77. The second-order valence-corrected chi connectivity index (χ2v) is 3.99. The summed E-state index contributed by atoms with van der Waals surface area (Å²) >= 11 is 0. The highest BCUT2D eigenvalue weighted by molar-refractivity contribution is 5.82. The zero-order valence-corrected chi connectivity index (χ0v) is 9.26. The molecule has 2 aromatic heterocycles. The number of imidazole rings is 1. The van der Waals surface area contributed by atoms with Crippen molar-refractivity contribution < 1.29 is 4.39 Å². The molecule has 0 amide bonds. The van der Waals surface area contributed by atoms with Gasteiger partial charge in [0.25, 0.3) is 0 Å². The first-order chi connectivity index (χ1) is 8.22. The summed E-state index contributed by atoms with van der Waals surface area (Å²) in [5.41, 5.74) is 2.46. The van der Waals surface area contributed by atoms with Gasteiger partial charge in [-0.15, -0.1) is 0 Å². The van der Waals surface area contributed by atoms with Gasteiger partial charge in [-0.3, -0.25) is 4.98 Å². The van der Waals surface area contributed by atoms with E-state index in [2.05, 4.69) is 9.97 Å². The maximum Gasteiger partial charge on any atom is 0.125 e. The van der Waals surface area contributed by atoms with Crippen molar-refractivity contribution in [3.63, 3.8) is 0 Å². The molecule has 0 fully saturated rings. The number of rotatable bonds is 1. The summed E-state index contributed by atoms with van der Waals surface area (Å²) < 4.78 is 14.9. The highest BCUT2D eigenvalue weighted by Gasteiger charge is 2.04. The van der Waals surface area contributed by atoms with Gasteiger partial charge in [0.05, 0.1) is 17.5 Å². The van der Waals surface area contributed by atoms with E-state index < -0.39 is 0 Å². The molecule has 0 saturated carbocycles. The van der Waals surface area contributed by atoms with Crippen LogP contribution >= 0.6 is 0 Å². The van der Waals surface area contributed by atoms with Crippen LogP contribution in [0.5, 0.6) is 0 Å². The summed E-state index contributed by atoms with van der Waals surface area (Å²) in [6, 6.07) is 6.55. The van der Waals surface area contributed by atoms with Crippen LogP contribution in [0.1, 0.15) is 0 Å². The van der Waals surface area contributed by atoms with Crippen LogP contribution in [0.15, 0.2) is 43.0 Å². The summed E-state index contributed by atoms with van der Waals surface area (Å²) in [5, 5.41) is 0.912. The molecule has 0 radical (unpaired) electrons. The first-order valence-corrected chi connectivity index (χ1v) is 5.26. The topological polar surface area (TPSA) is 30.7 Å². The maximum atomic E-state index is 13.0. The molecule has 0 unspecified atom stereocenters. The van der Waals surface area contributed by atoms with Gasteiger partial charge < -0.3 is 4.57 Å². The number of pyridine rings is 1. The van der Waals surface area contributed by atoms with Crippen LogP contribution in [0, 0.1) is 5.82 Å². The van der Waals surface area contributed by atoms with E-state index in [0.717, 1.165) is 16.6 Å². The Labute approximate surface area is 97.6 Å². The van der Waals surface area contributed by atoms with Crippen LogP contribution in [-0.2, 0) is 7.05 Å². The molecule has 4 heteroatoms. The number of aryl methyl sites for hydroxylation is 1. The maximum absolute atomic E-state index is 13.0. The molecule has 0 bridgehead atoms. The van der Waals surface area contributed by atoms with Gasteiger partial charge in [-0.05, 0) is 18.2 Å². The van der Waals surface area contributed by atoms with Crippen LogP contribution in [0.4, 0.5) is 4.39 Å². The first kappa shape index (κ1) is 9.96. The summed E-state index contributed by atoms with van der Waals surface area (Å²) in [5.74, 6) is -0.268. The van der Waals surface area contributed by atoms with Crippen molar-refractivity contribution in [2.24, 2.45) is 7.05 Å². The predicted molar refractivity (Wildman–Crippen MR) is 63.9 cm³/mol. The molecular formula is C13H10FN3. The molecule has 2 heterocycles. The monoisotopic (exact) mass is 227 g/mol. The summed E-state index contributed by atoms with van der Waals surface area (Å²) in [6.07, 6.45) is 5.38. The van der Waals surface area contributed by atoms with E-state index in [9.17, 15) is 4.39 Å². The zero-order valence-electron chi connectivity index (χ0n) is 9.26. The Morgan fingerprint density at radius 3 is 2.82 bits per heavy atom. The van der Waals surface area contributed by atoms with E-state index in [4.69, 9.17) is 0 Å². The van der Waals surface area contributed by atoms with Crippen molar-refractivity contribution in [3.8, 4) is 11.3 Å². The second-order valence-electron chi connectivity index (χ2n) is 3.99. The van der Waals surface area contributed by atoms with E-state index in [1.165, 1.54) is 12.1 Å². The average molecular weight is 227 g/mol. The quantitative estimate of drug-likeness (QED) is 0.640. The minimum Gasteiger partial charge on any atom is -0.340 e. The normalized spacial score (nSPS) is 10.9. The first-order valence-electron chi connectivity index (χ1n) is 5.26. The number of fused-ring (bicyclic) bond motifs is 1. The van der Waals surface area contributed by atoms with E-state index in [1.807, 2.05) is 23.9 Å². The van der Waals surface area contributed by atoms with Crippen LogP contribution in [0.3, 0.4) is 0 Å². The van der Waals surface area contributed by atoms with Gasteiger partial charge in [0.2, 0.25) is 0 Å². The highest BCUT2D eigenvalue weighted by atomic mass is 19.1. The van der Waals surface area contributed by atoms with E-state index in [0.29, 0.717) is 5.52 Å². The summed E-state index contributed by atoms with van der Waals surface area (Å²) in [7, 11) is 1.92. The second kappa shape index (κ2) is 3.66. The molecule has 1 aromatic carbocycles. The van der Waals surface area contributed by atoms with Gasteiger partial charge in [0.1, 0.15) is 5.82 Å². The SMILES string of the molecule is Cn1cnc(-c2cnc3cc(F)ccc3c2)c1. The Bertz CT molecular complexity index is 688. The number of aromatic nitrogens is 3. The molecular weight excluding hydrogens is 217 g/mol. The lowest BCUT2D eigenvalue weighted by molar-refractivity contribution is 0.629. The molecule has 0 aliphatic rings. The fourth-order valence-electron chi connectivity index (χ4n) is 1.80. The third-order valence-corrected chi connectivity index (χ3v) is 2.65. The standard InChI is InChI=1S/C13H10FN3/c1-17-7-13(16-8-17)10-4-9-2-3-11(14)5-12(9)15-6-10/h2-8H,1H3. The summed E-state index contributed by atoms with van der Waals surface area (Å²) in [6.45, 7) is 0. The number of hydrogen-bond donors (Lipinski definition) is 0. The van der Waals surface area contributed by atoms with Gasteiger partial charge in [-0.25, -0.2) is 9.37 Å². The van der Waals surface area contributed by atoms with Gasteiger partial charge in [0, 0.05) is 36.5 Å². The Hall–Kier alpha value is -2.23. The summed E-state index contributed by atoms with van der Waals surface area (Å²) in [4.78, 5) is 8.50. The van der Waals surface area contributed by atoms with Crippen molar-refractivity contribution in [3.05, 3.63) is 48.8 Å². The van der Waals surface area contributed by atoms with Crippen LogP contribution in [0.2, 0.25) is 0 Å². The van der Waals surface area contributed by atoms with Gasteiger partial charge in [-0.1, -0.05) is 0 Å². The molecule has 3 nitrogen and oxygen atoms in total. The molecule has 3 rings (SSSR count). The van der Waals surface area contributed by atoms with Crippen LogP contribution in [0.25, 0.3) is 22.2 Å². The lowest BCUT2D eigenvalue weighted by Gasteiger charge is -2.00. The molecule has 0 spiro atoms. The van der Waals surface area contributed by atoms with Gasteiger partial charge >= 0.3 is 0 Å². The minimum absolute atomic E-state index is 0.268. The number of benzene rings is 1. The third kappa shape index (κ3) is 1.78. The van der Waals surface area contributed by atoms with Crippen molar-refractivity contribution in [2.45, 2.75) is 0 Å². The van der Waals surface area contributed by atoms with Crippen molar-refractivity contribution >= 4 is 10.9 Å². The highest BCUT2D eigenvalue weighted by Crippen LogP contribution is 2.21. The Balaban J connectivity index is 2.16. The molecule has 0 aliphatic carbocycles. The van der Waals surface area contributed by atoms with Crippen molar-refractivity contribution in [2.75, 3.05) is 0 Å². The van der Waals surface area contributed by atoms with E-state index >= 15 is 0 Å². The van der Waals surface area contributed by atoms with Crippen molar-refractivity contribution in [1.82, 2.24) is 14.5 Å². The molecule has 0 saturated heterocycles. The average Bonchev–Trinajstić information content (AvgIpc) is 2.75. The third-order valence-electron chi connectivity index (χ3n) is 2.65. The molecule has 17 heavy (non-hydrogen) atoms.